The van der Waals surface area contributed by atoms with Crippen LogP contribution in [-0.4, -0.2) is 71.1 Å². The molecule has 3 rings (SSSR count). The molecule has 0 spiro atoms. The molecule has 0 saturated carbocycles. The number of hydrogen-bond acceptors (Lipinski definition) is 7. The highest BCUT2D eigenvalue weighted by atomic mass is 32.2. The predicted molar refractivity (Wildman–Crippen MR) is 124 cm³/mol. The second kappa shape index (κ2) is 10.7. The second-order valence-corrected chi connectivity index (χ2v) is 9.83. The Hall–Kier alpha value is -4.11. The summed E-state index contributed by atoms with van der Waals surface area (Å²) in [5, 5.41) is 25.2. The van der Waals surface area contributed by atoms with Gasteiger partial charge in [0.1, 0.15) is 5.82 Å². The van der Waals surface area contributed by atoms with Crippen LogP contribution >= 0.6 is 0 Å². The Labute approximate surface area is 204 Å². The van der Waals surface area contributed by atoms with Crippen LogP contribution in [0.25, 0.3) is 0 Å². The summed E-state index contributed by atoms with van der Waals surface area (Å²) in [5.41, 5.74) is -0.177. The predicted octanol–water partition coefficient (Wildman–Crippen LogP) is 1.50. The molecule has 36 heavy (non-hydrogen) atoms. The van der Waals surface area contributed by atoms with Crippen molar-refractivity contribution in [3.63, 3.8) is 0 Å². The number of sulfonamides is 1. The smallest absolute Gasteiger partial charge is 0.323 e. The van der Waals surface area contributed by atoms with Gasteiger partial charge in [-0.25, -0.2) is 17.6 Å². The lowest BCUT2D eigenvalue weighted by molar-refractivity contribution is -0.384. The topological polar surface area (TPSA) is 179 Å². The molecule has 2 unspecified atom stereocenters. The molecule has 0 aliphatic carbocycles. The molecule has 1 aliphatic rings. The molecule has 192 valence electrons. The highest BCUT2D eigenvalue weighted by Crippen LogP contribution is 2.25. The van der Waals surface area contributed by atoms with Gasteiger partial charge in [0.15, 0.2) is 6.17 Å². The van der Waals surface area contributed by atoms with Crippen LogP contribution in [0.3, 0.4) is 0 Å². The van der Waals surface area contributed by atoms with E-state index < -0.39 is 57.3 Å². The fourth-order valence-corrected chi connectivity index (χ4v) is 4.71. The lowest BCUT2D eigenvalue weighted by atomic mass is 10.0. The number of carbonyl (C=O) groups excluding carboxylic acids is 2. The van der Waals surface area contributed by atoms with Gasteiger partial charge in [-0.1, -0.05) is 18.2 Å². The fourth-order valence-electron chi connectivity index (χ4n) is 3.73. The summed E-state index contributed by atoms with van der Waals surface area (Å²) in [4.78, 5) is 48.9. The first-order valence-electron chi connectivity index (χ1n) is 10.4. The average Bonchev–Trinajstić information content (AvgIpc) is 3.25. The zero-order chi connectivity index (χ0) is 26.6. The molecule has 0 aromatic heterocycles. The van der Waals surface area contributed by atoms with Crippen LogP contribution < -0.4 is 10.6 Å². The first kappa shape index (κ1) is 26.5. The van der Waals surface area contributed by atoms with Crippen LogP contribution in [0, 0.1) is 15.9 Å². The van der Waals surface area contributed by atoms with Crippen molar-refractivity contribution in [1.29, 1.82) is 0 Å². The summed E-state index contributed by atoms with van der Waals surface area (Å²) >= 11 is 0. The lowest BCUT2D eigenvalue weighted by Gasteiger charge is -2.29. The van der Waals surface area contributed by atoms with Crippen molar-refractivity contribution in [2.24, 2.45) is 0 Å². The maximum Gasteiger partial charge on any atom is 0.323 e. The van der Waals surface area contributed by atoms with E-state index in [1.165, 1.54) is 30.3 Å². The third-order valence-corrected chi connectivity index (χ3v) is 6.54. The minimum absolute atomic E-state index is 0.0670. The molecule has 1 saturated heterocycles. The number of nitrogens with zero attached hydrogens (tertiary/aromatic N) is 3. The molecule has 1 fully saturated rings. The number of carbonyl (C=O) groups is 3. The number of non-ortho nitro benzene ring substituents is 1. The van der Waals surface area contributed by atoms with Crippen LogP contribution in [-0.2, 0) is 19.6 Å². The van der Waals surface area contributed by atoms with Gasteiger partial charge in [-0.05, 0) is 23.8 Å². The van der Waals surface area contributed by atoms with Gasteiger partial charge in [0.2, 0.25) is 10.0 Å². The van der Waals surface area contributed by atoms with Crippen molar-refractivity contribution in [2.45, 2.75) is 18.6 Å². The largest absolute Gasteiger partial charge is 0.481 e. The highest BCUT2D eigenvalue weighted by molar-refractivity contribution is 7.88. The number of nitro groups is 1. The molecule has 15 heteroatoms. The Morgan fingerprint density at radius 3 is 2.50 bits per heavy atom. The van der Waals surface area contributed by atoms with E-state index in [9.17, 15) is 42.4 Å². The van der Waals surface area contributed by atoms with Gasteiger partial charge in [-0.15, -0.1) is 0 Å². The Morgan fingerprint density at radius 2 is 1.89 bits per heavy atom. The van der Waals surface area contributed by atoms with Gasteiger partial charge in [-0.2, -0.15) is 4.31 Å². The quantitative estimate of drug-likeness (QED) is 0.344. The minimum atomic E-state index is -4.00. The Kier molecular flexibility index (Phi) is 7.84. The number of anilines is 1. The number of benzene rings is 2. The molecular formula is C21H22FN5O8S. The normalized spacial score (nSPS) is 16.8. The number of carboxylic acid groups (broad SMARTS) is 1. The number of hydrogen-bond donors (Lipinski definition) is 3. The molecule has 2 aromatic carbocycles. The lowest BCUT2D eigenvalue weighted by Crippen LogP contribution is -2.55. The van der Waals surface area contributed by atoms with Crippen LogP contribution in [0.4, 0.5) is 20.6 Å². The average molecular weight is 523 g/mol. The van der Waals surface area contributed by atoms with Crippen molar-refractivity contribution in [3.05, 3.63) is 70.0 Å². The number of aliphatic carboxylic acids is 1. The molecule has 1 heterocycles. The van der Waals surface area contributed by atoms with Crippen molar-refractivity contribution >= 4 is 39.3 Å². The molecule has 0 bridgehead atoms. The summed E-state index contributed by atoms with van der Waals surface area (Å²) in [7, 11) is -4.00. The van der Waals surface area contributed by atoms with Crippen LogP contribution in [0.1, 0.15) is 18.0 Å². The summed E-state index contributed by atoms with van der Waals surface area (Å²) in [6, 6.07) is 7.72. The molecule has 0 radical (unpaired) electrons. The number of amides is 3. The fraction of sp³-hybridized carbons (Fsp3) is 0.286. The van der Waals surface area contributed by atoms with Gasteiger partial charge >= 0.3 is 12.0 Å². The third kappa shape index (κ3) is 6.31. The van der Waals surface area contributed by atoms with Crippen molar-refractivity contribution in [1.82, 2.24) is 14.5 Å². The molecule has 13 nitrogen and oxygen atoms in total. The standard InChI is InChI=1S/C21H22FN5O8S/c1-36(34,35)26-9-8-25(21(31)23-15-6-3-5-14(22)11-15)20(26)19(30)24-17(12-18(28)29)13-4-2-7-16(10-13)27(32)33/h2-7,10-11,17,20H,8-9,12H2,1H3,(H,23,31)(H,24,30)(H,28,29). The van der Waals surface area contributed by atoms with E-state index >= 15 is 0 Å². The first-order chi connectivity index (χ1) is 16.9. The number of nitrogens with one attached hydrogen (secondary N) is 2. The van der Waals surface area contributed by atoms with Crippen LogP contribution in [0.15, 0.2) is 48.5 Å². The number of urea groups is 1. The first-order valence-corrected chi connectivity index (χ1v) is 12.3. The molecule has 2 atom stereocenters. The summed E-state index contributed by atoms with van der Waals surface area (Å²) in [6.07, 6.45) is -1.52. The number of halogens is 1. The van der Waals surface area contributed by atoms with E-state index in [4.69, 9.17) is 0 Å². The molecule has 3 amide bonds. The number of carboxylic acids is 1. The van der Waals surface area contributed by atoms with Gasteiger partial charge in [-0.3, -0.25) is 24.6 Å². The number of nitro benzene ring substituents is 1. The number of rotatable bonds is 8. The van der Waals surface area contributed by atoms with Gasteiger partial charge in [0, 0.05) is 30.9 Å². The van der Waals surface area contributed by atoms with Crippen LogP contribution in [0.2, 0.25) is 0 Å². The van der Waals surface area contributed by atoms with E-state index in [-0.39, 0.29) is 30.0 Å². The summed E-state index contributed by atoms with van der Waals surface area (Å²) in [5.74, 6) is -2.99. The van der Waals surface area contributed by atoms with E-state index in [2.05, 4.69) is 10.6 Å². The van der Waals surface area contributed by atoms with E-state index in [1.807, 2.05) is 0 Å². The maximum atomic E-state index is 13.5. The Morgan fingerprint density at radius 1 is 1.19 bits per heavy atom. The van der Waals surface area contributed by atoms with Crippen molar-refractivity contribution in [3.8, 4) is 0 Å². The maximum absolute atomic E-state index is 13.5. The minimum Gasteiger partial charge on any atom is -0.481 e. The van der Waals surface area contributed by atoms with Gasteiger partial charge in [0.05, 0.1) is 23.6 Å². The second-order valence-electron chi connectivity index (χ2n) is 7.89. The van der Waals surface area contributed by atoms with Crippen molar-refractivity contribution in [2.75, 3.05) is 24.7 Å². The summed E-state index contributed by atoms with van der Waals surface area (Å²) < 4.78 is 38.9. The zero-order valence-electron chi connectivity index (χ0n) is 18.8. The van der Waals surface area contributed by atoms with E-state index in [0.29, 0.717) is 0 Å². The van der Waals surface area contributed by atoms with Crippen LogP contribution in [0.5, 0.6) is 0 Å². The molecule has 1 aliphatic heterocycles. The molecular weight excluding hydrogens is 501 g/mol. The SMILES string of the molecule is CS(=O)(=O)N1CCN(C(=O)Nc2cccc(F)c2)C1C(=O)NC(CC(=O)O)c1cccc([N+](=O)[O-])c1. The van der Waals surface area contributed by atoms with Gasteiger partial charge < -0.3 is 15.7 Å². The van der Waals surface area contributed by atoms with Crippen molar-refractivity contribution < 1.29 is 37.2 Å². The zero-order valence-corrected chi connectivity index (χ0v) is 19.6. The molecule has 3 N–H and O–H groups in total. The molecule has 2 aromatic rings. The monoisotopic (exact) mass is 523 g/mol. The Bertz CT molecular complexity index is 1300. The van der Waals surface area contributed by atoms with E-state index in [1.54, 1.807) is 0 Å². The summed E-state index contributed by atoms with van der Waals surface area (Å²) in [6.45, 7) is -0.416. The van der Waals surface area contributed by atoms with E-state index in [0.717, 1.165) is 33.7 Å². The third-order valence-electron chi connectivity index (χ3n) is 5.31. The van der Waals surface area contributed by atoms with Gasteiger partial charge in [0.25, 0.3) is 11.6 Å². The highest BCUT2D eigenvalue weighted by Gasteiger charge is 2.45. The Balaban J connectivity index is 1.91.